The van der Waals surface area contributed by atoms with Gasteiger partial charge in [-0.2, -0.15) is 5.10 Å². The van der Waals surface area contributed by atoms with Gasteiger partial charge in [-0.3, -0.25) is 4.68 Å². The molecule has 1 aliphatic carbocycles. The SMILES string of the molecule is Cc1nn(CCO)c(C)c1CNC1CCc2ccccc21. The van der Waals surface area contributed by atoms with Crippen molar-refractivity contribution in [1.29, 1.82) is 0 Å². The zero-order chi connectivity index (χ0) is 14.8. The standard InChI is InChI=1S/C17H23N3O/c1-12-16(13(2)20(19-12)9-10-21)11-18-17-8-7-14-5-3-4-6-15(14)17/h3-6,17-18,21H,7-11H2,1-2H3. The van der Waals surface area contributed by atoms with Crippen molar-refractivity contribution < 1.29 is 5.11 Å². The predicted octanol–water partition coefficient (Wildman–Crippen LogP) is 2.27. The van der Waals surface area contributed by atoms with Crippen LogP contribution in [0.5, 0.6) is 0 Å². The van der Waals surface area contributed by atoms with E-state index in [1.165, 1.54) is 23.1 Å². The molecule has 0 fully saturated rings. The molecule has 1 aromatic heterocycles. The average Bonchev–Trinajstić information content (AvgIpc) is 3.00. The van der Waals surface area contributed by atoms with Crippen molar-refractivity contribution in [2.45, 2.75) is 45.8 Å². The van der Waals surface area contributed by atoms with Crippen LogP contribution in [0, 0.1) is 13.8 Å². The number of hydrogen-bond acceptors (Lipinski definition) is 3. The van der Waals surface area contributed by atoms with Crippen molar-refractivity contribution in [3.63, 3.8) is 0 Å². The van der Waals surface area contributed by atoms with E-state index in [0.717, 1.165) is 24.4 Å². The fourth-order valence-corrected chi connectivity index (χ4v) is 3.30. The number of fused-ring (bicyclic) bond motifs is 1. The third-order valence-electron chi connectivity index (χ3n) is 4.50. The predicted molar refractivity (Wildman–Crippen MR) is 83.1 cm³/mol. The Kier molecular flexibility index (Phi) is 4.08. The van der Waals surface area contributed by atoms with E-state index in [0.29, 0.717) is 12.6 Å². The molecular weight excluding hydrogens is 262 g/mol. The van der Waals surface area contributed by atoms with Crippen LogP contribution >= 0.6 is 0 Å². The fourth-order valence-electron chi connectivity index (χ4n) is 3.30. The van der Waals surface area contributed by atoms with Crippen LogP contribution in [0.15, 0.2) is 24.3 Å². The third-order valence-corrected chi connectivity index (χ3v) is 4.50. The summed E-state index contributed by atoms with van der Waals surface area (Å²) in [5.74, 6) is 0. The van der Waals surface area contributed by atoms with E-state index in [1.54, 1.807) is 0 Å². The smallest absolute Gasteiger partial charge is 0.0644 e. The van der Waals surface area contributed by atoms with Crippen LogP contribution in [0.25, 0.3) is 0 Å². The second kappa shape index (κ2) is 6.00. The van der Waals surface area contributed by atoms with E-state index >= 15 is 0 Å². The average molecular weight is 285 g/mol. The van der Waals surface area contributed by atoms with Crippen LogP contribution in [0.2, 0.25) is 0 Å². The summed E-state index contributed by atoms with van der Waals surface area (Å²) in [5.41, 5.74) is 6.38. The second-order valence-corrected chi connectivity index (χ2v) is 5.77. The number of aryl methyl sites for hydroxylation is 2. The van der Waals surface area contributed by atoms with Gasteiger partial charge >= 0.3 is 0 Å². The Hall–Kier alpha value is -1.65. The Balaban J connectivity index is 1.72. The molecule has 21 heavy (non-hydrogen) atoms. The molecular formula is C17H23N3O. The van der Waals surface area contributed by atoms with Gasteiger partial charge in [0.15, 0.2) is 0 Å². The van der Waals surface area contributed by atoms with E-state index in [4.69, 9.17) is 5.11 Å². The van der Waals surface area contributed by atoms with E-state index in [2.05, 4.69) is 41.6 Å². The van der Waals surface area contributed by atoms with Crippen LogP contribution < -0.4 is 5.32 Å². The molecule has 1 unspecified atom stereocenters. The molecule has 4 nitrogen and oxygen atoms in total. The van der Waals surface area contributed by atoms with Gasteiger partial charge in [-0.15, -0.1) is 0 Å². The Labute approximate surface area is 125 Å². The number of nitrogens with zero attached hydrogens (tertiary/aromatic N) is 2. The number of aliphatic hydroxyl groups excluding tert-OH is 1. The molecule has 2 N–H and O–H groups in total. The van der Waals surface area contributed by atoms with Crippen LogP contribution in [-0.4, -0.2) is 21.5 Å². The van der Waals surface area contributed by atoms with Crippen LogP contribution in [0.1, 0.15) is 40.5 Å². The van der Waals surface area contributed by atoms with Crippen LogP contribution in [-0.2, 0) is 19.5 Å². The number of aliphatic hydroxyl groups is 1. The number of aromatic nitrogens is 2. The molecule has 0 amide bonds. The summed E-state index contributed by atoms with van der Waals surface area (Å²) < 4.78 is 1.90. The Morgan fingerprint density at radius 3 is 2.95 bits per heavy atom. The Bertz CT molecular complexity index is 633. The summed E-state index contributed by atoms with van der Waals surface area (Å²) in [6.45, 7) is 5.65. The minimum Gasteiger partial charge on any atom is -0.394 e. The van der Waals surface area contributed by atoms with Crippen molar-refractivity contribution in [3.05, 3.63) is 52.3 Å². The van der Waals surface area contributed by atoms with Crippen LogP contribution in [0.3, 0.4) is 0 Å². The van der Waals surface area contributed by atoms with Crippen molar-refractivity contribution in [1.82, 2.24) is 15.1 Å². The number of nitrogens with one attached hydrogen (secondary N) is 1. The molecule has 1 aromatic carbocycles. The fraction of sp³-hybridized carbons (Fsp3) is 0.471. The number of benzene rings is 1. The van der Waals surface area contributed by atoms with E-state index in [9.17, 15) is 0 Å². The molecule has 1 heterocycles. The highest BCUT2D eigenvalue weighted by Gasteiger charge is 2.22. The highest BCUT2D eigenvalue weighted by molar-refractivity contribution is 5.34. The molecule has 3 rings (SSSR count). The molecule has 0 radical (unpaired) electrons. The largest absolute Gasteiger partial charge is 0.394 e. The molecule has 0 bridgehead atoms. The normalized spacial score (nSPS) is 17.2. The minimum atomic E-state index is 0.130. The molecule has 0 saturated heterocycles. The molecule has 0 spiro atoms. The Morgan fingerprint density at radius 2 is 2.14 bits per heavy atom. The summed E-state index contributed by atoms with van der Waals surface area (Å²) in [6.07, 6.45) is 2.33. The summed E-state index contributed by atoms with van der Waals surface area (Å²) in [4.78, 5) is 0. The monoisotopic (exact) mass is 285 g/mol. The maximum Gasteiger partial charge on any atom is 0.0644 e. The highest BCUT2D eigenvalue weighted by Crippen LogP contribution is 2.31. The molecule has 0 saturated carbocycles. The zero-order valence-corrected chi connectivity index (χ0v) is 12.8. The van der Waals surface area contributed by atoms with Crippen LogP contribution in [0.4, 0.5) is 0 Å². The topological polar surface area (TPSA) is 50.1 Å². The molecule has 0 aliphatic heterocycles. The van der Waals surface area contributed by atoms with Gasteiger partial charge in [0.25, 0.3) is 0 Å². The van der Waals surface area contributed by atoms with Gasteiger partial charge in [0, 0.05) is 23.8 Å². The highest BCUT2D eigenvalue weighted by atomic mass is 16.3. The second-order valence-electron chi connectivity index (χ2n) is 5.77. The van der Waals surface area contributed by atoms with Gasteiger partial charge in [0.05, 0.1) is 18.8 Å². The quantitative estimate of drug-likeness (QED) is 0.886. The van der Waals surface area contributed by atoms with Gasteiger partial charge in [-0.05, 0) is 37.8 Å². The lowest BCUT2D eigenvalue weighted by molar-refractivity contribution is 0.267. The summed E-state index contributed by atoms with van der Waals surface area (Å²) in [6, 6.07) is 9.14. The van der Waals surface area contributed by atoms with Crippen molar-refractivity contribution in [3.8, 4) is 0 Å². The Morgan fingerprint density at radius 1 is 1.33 bits per heavy atom. The molecule has 4 heteroatoms. The lowest BCUT2D eigenvalue weighted by Crippen LogP contribution is -2.19. The summed E-state index contributed by atoms with van der Waals surface area (Å²) in [5, 5.41) is 17.3. The molecule has 1 atom stereocenters. The van der Waals surface area contributed by atoms with E-state index in [1.807, 2.05) is 11.6 Å². The molecule has 2 aromatic rings. The first-order valence-corrected chi connectivity index (χ1v) is 7.65. The first kappa shape index (κ1) is 14.3. The lowest BCUT2D eigenvalue weighted by atomic mass is 10.1. The van der Waals surface area contributed by atoms with Gasteiger partial charge in [-0.1, -0.05) is 24.3 Å². The van der Waals surface area contributed by atoms with E-state index < -0.39 is 0 Å². The zero-order valence-electron chi connectivity index (χ0n) is 12.8. The van der Waals surface area contributed by atoms with Gasteiger partial charge in [0.2, 0.25) is 0 Å². The van der Waals surface area contributed by atoms with Crippen molar-refractivity contribution in [2.24, 2.45) is 0 Å². The minimum absolute atomic E-state index is 0.130. The van der Waals surface area contributed by atoms with Gasteiger partial charge in [-0.25, -0.2) is 0 Å². The summed E-state index contributed by atoms with van der Waals surface area (Å²) >= 11 is 0. The summed E-state index contributed by atoms with van der Waals surface area (Å²) in [7, 11) is 0. The van der Waals surface area contributed by atoms with Crippen molar-refractivity contribution in [2.75, 3.05) is 6.61 Å². The lowest BCUT2D eigenvalue weighted by Gasteiger charge is -2.14. The van der Waals surface area contributed by atoms with Gasteiger partial charge in [0.1, 0.15) is 0 Å². The van der Waals surface area contributed by atoms with E-state index in [-0.39, 0.29) is 6.61 Å². The first-order valence-electron chi connectivity index (χ1n) is 7.65. The first-order chi connectivity index (χ1) is 10.2. The number of rotatable bonds is 5. The van der Waals surface area contributed by atoms with Crippen molar-refractivity contribution >= 4 is 0 Å². The maximum atomic E-state index is 9.08. The van der Waals surface area contributed by atoms with Gasteiger partial charge < -0.3 is 10.4 Å². The third kappa shape index (κ3) is 2.74. The maximum absolute atomic E-state index is 9.08. The molecule has 112 valence electrons. The number of hydrogen-bond donors (Lipinski definition) is 2. The molecule has 1 aliphatic rings.